The molecule has 2 amide bonds. The quantitative estimate of drug-likeness (QED) is 0.897. The summed E-state index contributed by atoms with van der Waals surface area (Å²) in [5.41, 5.74) is 0.198. The molecule has 120 valence electrons. The van der Waals surface area contributed by atoms with Crippen LogP contribution in [-0.2, 0) is 20.7 Å². The van der Waals surface area contributed by atoms with Gasteiger partial charge in [0, 0.05) is 20.0 Å². The van der Waals surface area contributed by atoms with E-state index in [0.29, 0.717) is 13.2 Å². The summed E-state index contributed by atoms with van der Waals surface area (Å²) < 4.78 is 31.7. The molecule has 2 rings (SSSR count). The first-order valence-electron chi connectivity index (χ1n) is 7.05. The summed E-state index contributed by atoms with van der Waals surface area (Å²) in [7, 11) is 0. The summed E-state index contributed by atoms with van der Waals surface area (Å²) in [6.07, 6.45) is 0.170. The number of rotatable bonds is 4. The maximum Gasteiger partial charge on any atom is 0.245 e. The zero-order valence-electron chi connectivity index (χ0n) is 12.3. The van der Waals surface area contributed by atoms with Gasteiger partial charge in [0.25, 0.3) is 0 Å². The molecule has 0 aliphatic carbocycles. The molecule has 0 spiro atoms. The Kier molecular flexibility index (Phi) is 5.43. The minimum atomic E-state index is -0.677. The average Bonchev–Trinajstić information content (AvgIpc) is 2.50. The molecule has 1 heterocycles. The van der Waals surface area contributed by atoms with Crippen molar-refractivity contribution in [1.29, 1.82) is 0 Å². The van der Waals surface area contributed by atoms with E-state index in [2.05, 4.69) is 5.32 Å². The van der Waals surface area contributed by atoms with Crippen molar-refractivity contribution in [3.63, 3.8) is 0 Å². The summed E-state index contributed by atoms with van der Waals surface area (Å²) in [5.74, 6) is -1.58. The largest absolute Gasteiger partial charge is 0.377 e. The normalized spacial score (nSPS) is 18.1. The monoisotopic (exact) mass is 312 g/mol. The zero-order valence-corrected chi connectivity index (χ0v) is 12.3. The fourth-order valence-electron chi connectivity index (χ4n) is 2.37. The molecule has 0 saturated carbocycles. The van der Waals surface area contributed by atoms with Crippen LogP contribution in [0.2, 0.25) is 0 Å². The fourth-order valence-corrected chi connectivity index (χ4v) is 2.37. The van der Waals surface area contributed by atoms with Crippen LogP contribution < -0.4 is 5.32 Å². The van der Waals surface area contributed by atoms with Crippen LogP contribution in [0.25, 0.3) is 0 Å². The van der Waals surface area contributed by atoms with E-state index < -0.39 is 17.7 Å². The van der Waals surface area contributed by atoms with Gasteiger partial charge in [0.05, 0.1) is 13.2 Å². The van der Waals surface area contributed by atoms with E-state index in [0.717, 1.165) is 18.2 Å². The molecule has 0 radical (unpaired) electrons. The van der Waals surface area contributed by atoms with Crippen molar-refractivity contribution in [3.05, 3.63) is 35.4 Å². The molecule has 1 fully saturated rings. The van der Waals surface area contributed by atoms with Crippen molar-refractivity contribution in [2.45, 2.75) is 19.4 Å². The van der Waals surface area contributed by atoms with Crippen LogP contribution >= 0.6 is 0 Å². The lowest BCUT2D eigenvalue weighted by atomic mass is 10.1. The number of carbonyl (C=O) groups is 2. The highest BCUT2D eigenvalue weighted by Gasteiger charge is 2.30. The Morgan fingerprint density at radius 3 is 2.91 bits per heavy atom. The van der Waals surface area contributed by atoms with Gasteiger partial charge in [-0.3, -0.25) is 9.59 Å². The van der Waals surface area contributed by atoms with Gasteiger partial charge in [0.2, 0.25) is 11.8 Å². The second-order valence-electron chi connectivity index (χ2n) is 5.08. The Hall–Kier alpha value is -2.02. The lowest BCUT2D eigenvalue weighted by Gasteiger charge is -2.33. The first-order chi connectivity index (χ1) is 10.5. The van der Waals surface area contributed by atoms with Crippen molar-refractivity contribution >= 4 is 11.8 Å². The number of benzene rings is 1. The molecule has 22 heavy (non-hydrogen) atoms. The number of amides is 2. The summed E-state index contributed by atoms with van der Waals surface area (Å²) in [6, 6.07) is 2.52. The van der Waals surface area contributed by atoms with Crippen LogP contribution in [-0.4, -0.2) is 49.1 Å². The average molecular weight is 312 g/mol. The highest BCUT2D eigenvalue weighted by molar-refractivity contribution is 5.87. The van der Waals surface area contributed by atoms with Crippen molar-refractivity contribution < 1.29 is 23.1 Å². The number of morpholine rings is 1. The molecule has 0 aromatic heterocycles. The molecule has 7 heteroatoms. The standard InChI is InChI=1S/C15H18F2N2O3/c1-10(20)19-6-7-22-9-14(19)15(21)18-5-4-11-8-12(16)2-3-13(11)17/h2-3,8,14H,4-7,9H2,1H3,(H,18,21). The maximum atomic E-state index is 13.5. The molecular weight excluding hydrogens is 294 g/mol. The topological polar surface area (TPSA) is 58.6 Å². The van der Waals surface area contributed by atoms with Gasteiger partial charge in [0.1, 0.15) is 17.7 Å². The molecule has 1 N–H and O–H groups in total. The summed E-state index contributed by atoms with van der Waals surface area (Å²) in [5, 5.41) is 2.63. The van der Waals surface area contributed by atoms with Crippen LogP contribution in [0.3, 0.4) is 0 Å². The lowest BCUT2D eigenvalue weighted by molar-refractivity contribution is -0.146. The second-order valence-corrected chi connectivity index (χ2v) is 5.08. The van der Waals surface area contributed by atoms with E-state index in [1.807, 2.05) is 0 Å². The van der Waals surface area contributed by atoms with Gasteiger partial charge < -0.3 is 15.0 Å². The molecule has 5 nitrogen and oxygen atoms in total. The number of halogens is 2. The van der Waals surface area contributed by atoms with E-state index in [9.17, 15) is 18.4 Å². The SMILES string of the molecule is CC(=O)N1CCOCC1C(=O)NCCc1cc(F)ccc1F. The molecule has 1 aromatic rings. The smallest absolute Gasteiger partial charge is 0.245 e. The van der Waals surface area contributed by atoms with Crippen LogP contribution in [0, 0.1) is 11.6 Å². The summed E-state index contributed by atoms with van der Waals surface area (Å²) >= 11 is 0. The van der Waals surface area contributed by atoms with E-state index in [4.69, 9.17) is 4.74 Å². The third kappa shape index (κ3) is 4.00. The van der Waals surface area contributed by atoms with Gasteiger partial charge >= 0.3 is 0 Å². The Morgan fingerprint density at radius 1 is 1.41 bits per heavy atom. The highest BCUT2D eigenvalue weighted by Crippen LogP contribution is 2.10. The molecule has 1 saturated heterocycles. The van der Waals surface area contributed by atoms with Crippen molar-refractivity contribution in [3.8, 4) is 0 Å². The number of nitrogens with one attached hydrogen (secondary N) is 1. The summed E-state index contributed by atoms with van der Waals surface area (Å²) in [6.45, 7) is 2.46. The van der Waals surface area contributed by atoms with Gasteiger partial charge in [0.15, 0.2) is 0 Å². The first-order valence-corrected chi connectivity index (χ1v) is 7.05. The lowest BCUT2D eigenvalue weighted by Crippen LogP contribution is -2.55. The number of carbonyl (C=O) groups excluding carboxylic acids is 2. The minimum absolute atomic E-state index is 0.139. The number of hydrogen-bond donors (Lipinski definition) is 1. The van der Waals surface area contributed by atoms with E-state index in [-0.39, 0.29) is 37.0 Å². The Balaban J connectivity index is 1.89. The third-order valence-electron chi connectivity index (χ3n) is 3.54. The van der Waals surface area contributed by atoms with Gasteiger partial charge in [-0.05, 0) is 30.2 Å². The first kappa shape index (κ1) is 16.4. The number of hydrogen-bond acceptors (Lipinski definition) is 3. The van der Waals surface area contributed by atoms with Crippen LogP contribution in [0.1, 0.15) is 12.5 Å². The number of nitrogens with zero attached hydrogens (tertiary/aromatic N) is 1. The van der Waals surface area contributed by atoms with Crippen molar-refractivity contribution in [2.24, 2.45) is 0 Å². The Bertz CT molecular complexity index is 566. The number of ether oxygens (including phenoxy) is 1. The van der Waals surface area contributed by atoms with Crippen LogP contribution in [0.5, 0.6) is 0 Å². The van der Waals surface area contributed by atoms with Gasteiger partial charge in [-0.1, -0.05) is 0 Å². The van der Waals surface area contributed by atoms with Gasteiger partial charge in [-0.2, -0.15) is 0 Å². The third-order valence-corrected chi connectivity index (χ3v) is 3.54. The Morgan fingerprint density at radius 2 is 2.18 bits per heavy atom. The minimum Gasteiger partial charge on any atom is -0.377 e. The van der Waals surface area contributed by atoms with Crippen LogP contribution in [0.15, 0.2) is 18.2 Å². The molecule has 1 atom stereocenters. The van der Waals surface area contributed by atoms with E-state index in [1.54, 1.807) is 0 Å². The molecular formula is C15H18F2N2O3. The predicted molar refractivity (Wildman–Crippen MR) is 75.1 cm³/mol. The highest BCUT2D eigenvalue weighted by atomic mass is 19.1. The predicted octanol–water partition coefficient (Wildman–Crippen LogP) is 0.871. The molecule has 1 unspecified atom stereocenters. The zero-order chi connectivity index (χ0) is 16.1. The summed E-state index contributed by atoms with van der Waals surface area (Å²) in [4.78, 5) is 25.0. The fraction of sp³-hybridized carbons (Fsp3) is 0.467. The second kappa shape index (κ2) is 7.31. The van der Waals surface area contributed by atoms with Crippen LogP contribution in [0.4, 0.5) is 8.78 Å². The maximum absolute atomic E-state index is 13.5. The van der Waals surface area contributed by atoms with Crippen molar-refractivity contribution in [2.75, 3.05) is 26.3 Å². The molecule has 1 aliphatic rings. The van der Waals surface area contributed by atoms with Crippen molar-refractivity contribution in [1.82, 2.24) is 10.2 Å². The molecule has 1 aromatic carbocycles. The Labute approximate surface area is 127 Å². The van der Waals surface area contributed by atoms with E-state index >= 15 is 0 Å². The van der Waals surface area contributed by atoms with Gasteiger partial charge in [-0.25, -0.2) is 8.78 Å². The van der Waals surface area contributed by atoms with Gasteiger partial charge in [-0.15, -0.1) is 0 Å². The molecule has 0 bridgehead atoms. The molecule has 1 aliphatic heterocycles. The van der Waals surface area contributed by atoms with E-state index in [1.165, 1.54) is 11.8 Å².